The minimum absolute atomic E-state index is 0.463. The SMILES string of the molecule is C=C(c1ccc(OC)cc1)[C@@H]1CCc2ccccc21. The van der Waals surface area contributed by atoms with Crippen molar-refractivity contribution in [2.24, 2.45) is 0 Å². The third-order valence-corrected chi connectivity index (χ3v) is 4.01. The summed E-state index contributed by atoms with van der Waals surface area (Å²) in [6.07, 6.45) is 2.33. The topological polar surface area (TPSA) is 9.23 Å². The second-order valence-electron chi connectivity index (χ2n) is 5.04. The average molecular weight is 250 g/mol. The van der Waals surface area contributed by atoms with Gasteiger partial charge in [-0.25, -0.2) is 0 Å². The number of rotatable bonds is 3. The van der Waals surface area contributed by atoms with E-state index < -0.39 is 0 Å². The fraction of sp³-hybridized carbons (Fsp3) is 0.222. The van der Waals surface area contributed by atoms with Crippen LogP contribution in [0.15, 0.2) is 55.1 Å². The summed E-state index contributed by atoms with van der Waals surface area (Å²) in [6.45, 7) is 4.32. The van der Waals surface area contributed by atoms with E-state index in [2.05, 4.69) is 43.0 Å². The third kappa shape index (κ3) is 2.17. The summed E-state index contributed by atoms with van der Waals surface area (Å²) in [5, 5.41) is 0. The summed E-state index contributed by atoms with van der Waals surface area (Å²) in [4.78, 5) is 0. The minimum Gasteiger partial charge on any atom is -0.497 e. The summed E-state index contributed by atoms with van der Waals surface area (Å²) in [6, 6.07) is 16.9. The zero-order valence-corrected chi connectivity index (χ0v) is 11.2. The van der Waals surface area contributed by atoms with Crippen molar-refractivity contribution < 1.29 is 4.74 Å². The van der Waals surface area contributed by atoms with Crippen LogP contribution >= 0.6 is 0 Å². The molecule has 0 spiro atoms. The van der Waals surface area contributed by atoms with Gasteiger partial charge >= 0.3 is 0 Å². The van der Waals surface area contributed by atoms with Gasteiger partial charge in [0.05, 0.1) is 7.11 Å². The summed E-state index contributed by atoms with van der Waals surface area (Å²) >= 11 is 0. The molecule has 0 amide bonds. The number of aryl methyl sites for hydroxylation is 1. The molecule has 1 heteroatoms. The van der Waals surface area contributed by atoms with Crippen LogP contribution in [-0.2, 0) is 6.42 Å². The summed E-state index contributed by atoms with van der Waals surface area (Å²) in [5.74, 6) is 1.35. The van der Waals surface area contributed by atoms with E-state index in [1.807, 2.05) is 12.1 Å². The van der Waals surface area contributed by atoms with Gasteiger partial charge in [0.25, 0.3) is 0 Å². The molecule has 0 N–H and O–H groups in total. The molecule has 1 nitrogen and oxygen atoms in total. The molecule has 2 aromatic carbocycles. The Morgan fingerprint density at radius 1 is 1.11 bits per heavy atom. The Morgan fingerprint density at radius 3 is 2.58 bits per heavy atom. The Bertz CT molecular complexity index is 595. The van der Waals surface area contributed by atoms with E-state index in [1.54, 1.807) is 7.11 Å². The number of allylic oxidation sites excluding steroid dienone is 1. The smallest absolute Gasteiger partial charge is 0.118 e. The zero-order valence-electron chi connectivity index (χ0n) is 11.2. The monoisotopic (exact) mass is 250 g/mol. The van der Waals surface area contributed by atoms with Crippen molar-refractivity contribution in [3.63, 3.8) is 0 Å². The van der Waals surface area contributed by atoms with Crippen LogP contribution in [0, 0.1) is 0 Å². The molecule has 0 unspecified atom stereocenters. The van der Waals surface area contributed by atoms with Gasteiger partial charge in [0.1, 0.15) is 5.75 Å². The van der Waals surface area contributed by atoms with Crippen LogP contribution in [0.4, 0.5) is 0 Å². The second-order valence-corrected chi connectivity index (χ2v) is 5.04. The van der Waals surface area contributed by atoms with Crippen LogP contribution < -0.4 is 4.74 Å². The molecule has 0 radical (unpaired) electrons. The molecule has 19 heavy (non-hydrogen) atoms. The zero-order chi connectivity index (χ0) is 13.2. The molecule has 0 aliphatic heterocycles. The number of methoxy groups -OCH3 is 1. The molecule has 96 valence electrons. The predicted octanol–water partition coefficient (Wildman–Crippen LogP) is 4.44. The predicted molar refractivity (Wildman–Crippen MR) is 79.5 cm³/mol. The van der Waals surface area contributed by atoms with Gasteiger partial charge in [0.2, 0.25) is 0 Å². The molecule has 0 heterocycles. The molecule has 0 saturated carbocycles. The van der Waals surface area contributed by atoms with E-state index in [1.165, 1.54) is 28.7 Å². The molecule has 0 bridgehead atoms. The lowest BCUT2D eigenvalue weighted by molar-refractivity contribution is 0.415. The highest BCUT2D eigenvalue weighted by atomic mass is 16.5. The molecule has 0 saturated heterocycles. The van der Waals surface area contributed by atoms with E-state index in [9.17, 15) is 0 Å². The molecule has 1 aliphatic carbocycles. The Hall–Kier alpha value is -2.02. The Labute approximate surface area is 114 Å². The number of ether oxygens (including phenoxy) is 1. The molecule has 1 aliphatic rings. The molecule has 1 atom stereocenters. The van der Waals surface area contributed by atoms with E-state index in [-0.39, 0.29) is 0 Å². The highest BCUT2D eigenvalue weighted by Crippen LogP contribution is 2.41. The van der Waals surface area contributed by atoms with Gasteiger partial charge in [-0.2, -0.15) is 0 Å². The van der Waals surface area contributed by atoms with E-state index >= 15 is 0 Å². The first kappa shape index (κ1) is 12.0. The van der Waals surface area contributed by atoms with Gasteiger partial charge in [-0.15, -0.1) is 0 Å². The van der Waals surface area contributed by atoms with Crippen LogP contribution in [0.25, 0.3) is 5.57 Å². The molecule has 0 fully saturated rings. The van der Waals surface area contributed by atoms with E-state index in [4.69, 9.17) is 4.74 Å². The lowest BCUT2D eigenvalue weighted by atomic mass is 9.89. The Balaban J connectivity index is 1.89. The average Bonchev–Trinajstić information content (AvgIpc) is 2.90. The van der Waals surface area contributed by atoms with Gasteiger partial charge in [0, 0.05) is 5.92 Å². The van der Waals surface area contributed by atoms with Crippen LogP contribution in [0.5, 0.6) is 5.75 Å². The van der Waals surface area contributed by atoms with Crippen molar-refractivity contribution in [2.45, 2.75) is 18.8 Å². The van der Waals surface area contributed by atoms with Crippen molar-refractivity contribution in [1.29, 1.82) is 0 Å². The van der Waals surface area contributed by atoms with E-state index in [0.29, 0.717) is 5.92 Å². The van der Waals surface area contributed by atoms with Gasteiger partial charge in [-0.1, -0.05) is 43.0 Å². The fourth-order valence-corrected chi connectivity index (χ4v) is 2.93. The van der Waals surface area contributed by atoms with Crippen LogP contribution in [0.2, 0.25) is 0 Å². The van der Waals surface area contributed by atoms with Crippen molar-refractivity contribution in [2.75, 3.05) is 7.11 Å². The number of benzene rings is 2. The van der Waals surface area contributed by atoms with Crippen molar-refractivity contribution in [3.8, 4) is 5.75 Å². The van der Waals surface area contributed by atoms with Crippen molar-refractivity contribution in [1.82, 2.24) is 0 Å². The maximum Gasteiger partial charge on any atom is 0.118 e. The lowest BCUT2D eigenvalue weighted by Gasteiger charge is -2.15. The lowest BCUT2D eigenvalue weighted by Crippen LogP contribution is -1.97. The van der Waals surface area contributed by atoms with Gasteiger partial charge < -0.3 is 4.74 Å². The summed E-state index contributed by atoms with van der Waals surface area (Å²) in [7, 11) is 1.69. The number of fused-ring (bicyclic) bond motifs is 1. The highest BCUT2D eigenvalue weighted by Gasteiger charge is 2.24. The number of hydrogen-bond donors (Lipinski definition) is 0. The number of hydrogen-bond acceptors (Lipinski definition) is 1. The Morgan fingerprint density at radius 2 is 1.84 bits per heavy atom. The minimum atomic E-state index is 0.463. The quantitative estimate of drug-likeness (QED) is 0.782. The first-order valence-electron chi connectivity index (χ1n) is 6.70. The van der Waals surface area contributed by atoms with Crippen LogP contribution in [-0.4, -0.2) is 7.11 Å². The first-order chi connectivity index (χ1) is 9.29. The summed E-state index contributed by atoms with van der Waals surface area (Å²) in [5.41, 5.74) is 5.35. The van der Waals surface area contributed by atoms with Crippen molar-refractivity contribution >= 4 is 5.57 Å². The third-order valence-electron chi connectivity index (χ3n) is 4.01. The molecule has 2 aromatic rings. The normalized spacial score (nSPS) is 17.0. The maximum absolute atomic E-state index is 5.20. The van der Waals surface area contributed by atoms with Crippen LogP contribution in [0.1, 0.15) is 29.0 Å². The second kappa shape index (κ2) is 4.93. The van der Waals surface area contributed by atoms with Crippen LogP contribution in [0.3, 0.4) is 0 Å². The van der Waals surface area contributed by atoms with Gasteiger partial charge in [-0.3, -0.25) is 0 Å². The first-order valence-corrected chi connectivity index (χ1v) is 6.70. The fourth-order valence-electron chi connectivity index (χ4n) is 2.93. The standard InChI is InChI=1S/C18H18O/c1-13(14-7-10-16(19-2)11-8-14)17-12-9-15-5-3-4-6-18(15)17/h3-8,10-11,17H,1,9,12H2,2H3/t17-/m0/s1. The molecular weight excluding hydrogens is 232 g/mol. The van der Waals surface area contributed by atoms with Gasteiger partial charge in [0.15, 0.2) is 0 Å². The highest BCUT2D eigenvalue weighted by molar-refractivity contribution is 5.71. The van der Waals surface area contributed by atoms with Crippen molar-refractivity contribution in [3.05, 3.63) is 71.8 Å². The largest absolute Gasteiger partial charge is 0.497 e. The van der Waals surface area contributed by atoms with Gasteiger partial charge in [-0.05, 0) is 47.2 Å². The molecular formula is C18H18O. The molecule has 0 aromatic heterocycles. The molecule has 3 rings (SSSR count). The summed E-state index contributed by atoms with van der Waals surface area (Å²) < 4.78 is 5.20. The Kier molecular flexibility index (Phi) is 3.12. The maximum atomic E-state index is 5.20. The van der Waals surface area contributed by atoms with E-state index in [0.717, 1.165) is 12.2 Å².